The van der Waals surface area contributed by atoms with Gasteiger partial charge in [0.2, 0.25) is 5.75 Å². The van der Waals surface area contributed by atoms with Crippen molar-refractivity contribution >= 4 is 39.3 Å². The predicted octanol–water partition coefficient (Wildman–Crippen LogP) is 2.97. The van der Waals surface area contributed by atoms with E-state index in [1.54, 1.807) is 18.2 Å². The van der Waals surface area contributed by atoms with E-state index in [1.165, 1.54) is 33.5 Å². The Kier molecular flexibility index (Phi) is 7.77. The molecule has 2 N–H and O–H groups in total. The molecule has 0 aromatic heterocycles. The first-order valence-corrected chi connectivity index (χ1v) is 9.03. The van der Waals surface area contributed by atoms with Crippen molar-refractivity contribution < 1.29 is 28.5 Å². The van der Waals surface area contributed by atoms with Gasteiger partial charge in [-0.3, -0.25) is 20.4 Å². The first-order chi connectivity index (χ1) is 13.4. The summed E-state index contributed by atoms with van der Waals surface area (Å²) >= 11 is 9.13. The zero-order chi connectivity index (χ0) is 20.7. The second-order valence-corrected chi connectivity index (χ2v) is 6.57. The van der Waals surface area contributed by atoms with Crippen LogP contribution in [0.4, 0.5) is 0 Å². The molecule has 150 valence electrons. The van der Waals surface area contributed by atoms with Crippen molar-refractivity contribution in [2.75, 3.05) is 27.9 Å². The highest BCUT2D eigenvalue weighted by Gasteiger charge is 2.17. The molecular weight excluding hydrogens is 456 g/mol. The third-order valence-electron chi connectivity index (χ3n) is 3.50. The van der Waals surface area contributed by atoms with E-state index in [-0.39, 0.29) is 12.2 Å². The van der Waals surface area contributed by atoms with Crippen molar-refractivity contribution in [1.82, 2.24) is 10.9 Å². The molecule has 28 heavy (non-hydrogen) atoms. The highest BCUT2D eigenvalue weighted by atomic mass is 79.9. The Morgan fingerprint density at radius 1 is 0.964 bits per heavy atom. The Morgan fingerprint density at radius 2 is 1.61 bits per heavy atom. The van der Waals surface area contributed by atoms with Crippen molar-refractivity contribution in [2.24, 2.45) is 0 Å². The zero-order valence-corrected chi connectivity index (χ0v) is 17.6. The average Bonchev–Trinajstić information content (AvgIpc) is 2.69. The van der Waals surface area contributed by atoms with Gasteiger partial charge in [0, 0.05) is 10.6 Å². The minimum Gasteiger partial charge on any atom is -0.493 e. The molecule has 0 heterocycles. The van der Waals surface area contributed by atoms with E-state index in [2.05, 4.69) is 26.8 Å². The SMILES string of the molecule is COc1cc(C(=O)NNC(=O)COc2ccc(Cl)cc2Br)cc(OC)c1OC. The first-order valence-electron chi connectivity index (χ1n) is 7.86. The fraction of sp³-hybridized carbons (Fsp3) is 0.222. The molecule has 2 aromatic carbocycles. The number of benzene rings is 2. The number of hydrogen-bond acceptors (Lipinski definition) is 6. The van der Waals surface area contributed by atoms with E-state index in [1.807, 2.05) is 0 Å². The molecule has 0 atom stereocenters. The average molecular weight is 474 g/mol. The molecule has 2 amide bonds. The summed E-state index contributed by atoms with van der Waals surface area (Å²) in [4.78, 5) is 24.2. The van der Waals surface area contributed by atoms with Gasteiger partial charge in [0.05, 0.1) is 25.8 Å². The van der Waals surface area contributed by atoms with Crippen molar-refractivity contribution in [2.45, 2.75) is 0 Å². The second-order valence-electron chi connectivity index (χ2n) is 5.28. The summed E-state index contributed by atoms with van der Waals surface area (Å²) in [6.45, 7) is -0.310. The summed E-state index contributed by atoms with van der Waals surface area (Å²) in [5.74, 6) is 0.300. The molecule has 0 spiro atoms. The Bertz CT molecular complexity index is 852. The quantitative estimate of drug-likeness (QED) is 0.601. The number of halogens is 2. The first kappa shape index (κ1) is 21.6. The van der Waals surface area contributed by atoms with E-state index in [9.17, 15) is 9.59 Å². The zero-order valence-electron chi connectivity index (χ0n) is 15.3. The number of carbonyl (C=O) groups is 2. The number of carbonyl (C=O) groups excluding carboxylic acids is 2. The van der Waals surface area contributed by atoms with Crippen LogP contribution in [0.3, 0.4) is 0 Å². The normalized spacial score (nSPS) is 10.0. The predicted molar refractivity (Wildman–Crippen MR) is 106 cm³/mol. The number of hydrazine groups is 1. The maximum atomic E-state index is 12.3. The molecule has 2 aromatic rings. The Balaban J connectivity index is 1.96. The lowest BCUT2D eigenvalue weighted by Gasteiger charge is -2.14. The fourth-order valence-corrected chi connectivity index (χ4v) is 2.98. The van der Waals surface area contributed by atoms with Crippen molar-refractivity contribution in [3.63, 3.8) is 0 Å². The van der Waals surface area contributed by atoms with Gasteiger partial charge < -0.3 is 18.9 Å². The number of ether oxygens (including phenoxy) is 4. The number of methoxy groups -OCH3 is 3. The Labute approximate surface area is 175 Å². The van der Waals surface area contributed by atoms with Gasteiger partial charge in [0.15, 0.2) is 18.1 Å². The molecular formula is C18H18BrClN2O6. The summed E-state index contributed by atoms with van der Waals surface area (Å²) < 4.78 is 21.6. The lowest BCUT2D eigenvalue weighted by Crippen LogP contribution is -2.43. The fourth-order valence-electron chi connectivity index (χ4n) is 2.18. The van der Waals surface area contributed by atoms with Crippen LogP contribution in [0.1, 0.15) is 10.4 Å². The van der Waals surface area contributed by atoms with Gasteiger partial charge in [-0.25, -0.2) is 0 Å². The number of hydrogen-bond donors (Lipinski definition) is 2. The number of amides is 2. The van der Waals surface area contributed by atoms with E-state index < -0.39 is 11.8 Å². The van der Waals surface area contributed by atoms with Crippen molar-refractivity contribution in [3.05, 3.63) is 45.4 Å². The van der Waals surface area contributed by atoms with Crippen molar-refractivity contribution in [1.29, 1.82) is 0 Å². The maximum absolute atomic E-state index is 12.3. The third-order valence-corrected chi connectivity index (χ3v) is 4.35. The monoisotopic (exact) mass is 472 g/mol. The molecule has 0 fully saturated rings. The van der Waals surface area contributed by atoms with E-state index in [0.717, 1.165) is 0 Å². The molecule has 0 saturated carbocycles. The minimum absolute atomic E-state index is 0.205. The summed E-state index contributed by atoms with van der Waals surface area (Å²) in [5.41, 5.74) is 4.77. The van der Waals surface area contributed by atoms with Gasteiger partial charge in [-0.05, 0) is 46.3 Å². The van der Waals surface area contributed by atoms with Gasteiger partial charge in [0.25, 0.3) is 11.8 Å². The highest BCUT2D eigenvalue weighted by molar-refractivity contribution is 9.10. The molecule has 8 nitrogen and oxygen atoms in total. The van der Waals surface area contributed by atoms with E-state index in [0.29, 0.717) is 32.5 Å². The van der Waals surface area contributed by atoms with Crippen LogP contribution in [-0.2, 0) is 4.79 Å². The maximum Gasteiger partial charge on any atom is 0.276 e. The van der Waals surface area contributed by atoms with Crippen LogP contribution < -0.4 is 29.8 Å². The Morgan fingerprint density at radius 3 is 2.14 bits per heavy atom. The van der Waals surface area contributed by atoms with Gasteiger partial charge in [-0.2, -0.15) is 0 Å². The van der Waals surface area contributed by atoms with Gasteiger partial charge in [0.1, 0.15) is 5.75 Å². The molecule has 0 aliphatic heterocycles. The summed E-state index contributed by atoms with van der Waals surface area (Å²) in [7, 11) is 4.33. The molecule has 0 bridgehead atoms. The molecule has 0 unspecified atom stereocenters. The minimum atomic E-state index is -0.569. The van der Waals surface area contributed by atoms with Gasteiger partial charge in [-0.15, -0.1) is 0 Å². The topological polar surface area (TPSA) is 95.1 Å². The summed E-state index contributed by atoms with van der Waals surface area (Å²) in [6, 6.07) is 7.81. The van der Waals surface area contributed by atoms with Crippen LogP contribution in [0.15, 0.2) is 34.8 Å². The van der Waals surface area contributed by atoms with E-state index >= 15 is 0 Å². The highest BCUT2D eigenvalue weighted by Crippen LogP contribution is 2.38. The molecule has 10 heteroatoms. The number of nitrogens with one attached hydrogen (secondary N) is 2. The van der Waals surface area contributed by atoms with Gasteiger partial charge in [-0.1, -0.05) is 11.6 Å². The van der Waals surface area contributed by atoms with Crippen LogP contribution in [0.5, 0.6) is 23.0 Å². The van der Waals surface area contributed by atoms with Crippen LogP contribution >= 0.6 is 27.5 Å². The van der Waals surface area contributed by atoms with Crippen LogP contribution in [0.25, 0.3) is 0 Å². The molecule has 0 aliphatic rings. The smallest absolute Gasteiger partial charge is 0.276 e. The largest absolute Gasteiger partial charge is 0.493 e. The summed E-state index contributed by atoms with van der Waals surface area (Å²) in [5, 5.41) is 0.529. The molecule has 0 saturated heterocycles. The van der Waals surface area contributed by atoms with Crippen LogP contribution in [-0.4, -0.2) is 39.8 Å². The second kappa shape index (κ2) is 10.0. The molecule has 0 radical (unpaired) electrons. The van der Waals surface area contributed by atoms with E-state index in [4.69, 9.17) is 30.5 Å². The lowest BCUT2D eigenvalue weighted by atomic mass is 10.1. The third kappa shape index (κ3) is 5.43. The van der Waals surface area contributed by atoms with Crippen molar-refractivity contribution in [3.8, 4) is 23.0 Å². The van der Waals surface area contributed by atoms with Gasteiger partial charge >= 0.3 is 0 Å². The Hall–Kier alpha value is -2.65. The molecule has 0 aliphatic carbocycles. The standard InChI is InChI=1S/C18H18BrClN2O6/c1-25-14-6-10(7-15(26-2)17(14)27-3)18(24)22-21-16(23)9-28-13-5-4-11(20)8-12(13)19/h4-8H,9H2,1-3H3,(H,21,23)(H,22,24). The van der Waals surface area contributed by atoms with Crippen LogP contribution in [0.2, 0.25) is 5.02 Å². The summed E-state index contributed by atoms with van der Waals surface area (Å²) in [6.07, 6.45) is 0. The molecule has 2 rings (SSSR count). The number of rotatable bonds is 7. The lowest BCUT2D eigenvalue weighted by molar-refractivity contribution is -0.123. The van der Waals surface area contributed by atoms with Crippen LogP contribution in [0, 0.1) is 0 Å².